The number of rotatable bonds is 6. The summed E-state index contributed by atoms with van der Waals surface area (Å²) < 4.78 is 5.25. The molecule has 4 bridgehead atoms. The number of amides is 1. The number of carbonyl (C=O) groups excluding carboxylic acids is 2. The average Bonchev–Trinajstić information content (AvgIpc) is 2.75. The van der Waals surface area contributed by atoms with Crippen LogP contribution in [0.25, 0.3) is 0 Å². The van der Waals surface area contributed by atoms with Gasteiger partial charge in [-0.25, -0.2) is 4.79 Å². The lowest BCUT2D eigenvalue weighted by Crippen LogP contribution is -2.60. The summed E-state index contributed by atoms with van der Waals surface area (Å²) in [4.78, 5) is 38.5. The number of carbonyl (C=O) groups is 2. The Kier molecular flexibility index (Phi) is 5.79. The van der Waals surface area contributed by atoms with Gasteiger partial charge in [0.25, 0.3) is 11.6 Å². The molecule has 1 amide bonds. The Labute approximate surface area is 194 Å². The molecule has 1 saturated heterocycles. The Balaban J connectivity index is 1.21. The molecule has 1 heterocycles. The van der Waals surface area contributed by atoms with Crippen molar-refractivity contribution >= 4 is 23.3 Å². The van der Waals surface area contributed by atoms with Crippen molar-refractivity contribution < 1.29 is 19.2 Å². The van der Waals surface area contributed by atoms with Gasteiger partial charge in [0.05, 0.1) is 10.5 Å². The van der Waals surface area contributed by atoms with Crippen molar-refractivity contribution in [3.63, 3.8) is 0 Å². The minimum atomic E-state index is -0.711. The van der Waals surface area contributed by atoms with Crippen LogP contribution in [0.4, 0.5) is 11.4 Å². The fourth-order valence-electron chi connectivity index (χ4n) is 7.28. The average molecular weight is 456 g/mol. The van der Waals surface area contributed by atoms with Crippen molar-refractivity contribution in [3.05, 3.63) is 33.9 Å². The topological polar surface area (TPSA) is 102 Å². The molecule has 1 aromatic rings. The van der Waals surface area contributed by atoms with E-state index in [1.807, 2.05) is 4.90 Å². The maximum Gasteiger partial charge on any atom is 0.338 e. The molecule has 1 aliphatic heterocycles. The predicted octanol–water partition coefficient (Wildman–Crippen LogP) is 4.07. The number of nitro benzene ring substituents is 1. The number of nitrogens with zero attached hydrogens (tertiary/aromatic N) is 2. The minimum Gasteiger partial charge on any atom is -0.452 e. The third kappa shape index (κ3) is 4.57. The molecule has 5 aliphatic rings. The number of nitro groups is 1. The van der Waals surface area contributed by atoms with Crippen molar-refractivity contribution in [1.29, 1.82) is 0 Å². The summed E-state index contributed by atoms with van der Waals surface area (Å²) in [7, 11) is 0. The zero-order chi connectivity index (χ0) is 23.2. The number of nitrogens with one attached hydrogen (secondary N) is 1. The van der Waals surface area contributed by atoms with E-state index in [-0.39, 0.29) is 29.3 Å². The maximum atomic E-state index is 12.6. The first-order valence-electron chi connectivity index (χ1n) is 12.3. The summed E-state index contributed by atoms with van der Waals surface area (Å²) in [5, 5.41) is 14.9. The fraction of sp³-hybridized carbons (Fsp3) is 0.680. The summed E-state index contributed by atoms with van der Waals surface area (Å²) in [6, 6.07) is 4.46. The molecule has 8 nitrogen and oxygen atoms in total. The highest BCUT2D eigenvalue weighted by atomic mass is 16.6. The number of hydrogen-bond acceptors (Lipinski definition) is 6. The van der Waals surface area contributed by atoms with Crippen molar-refractivity contribution in [2.45, 2.75) is 63.8 Å². The number of esters is 1. The molecule has 0 spiro atoms. The molecule has 178 valence electrons. The van der Waals surface area contributed by atoms with Gasteiger partial charge in [0.1, 0.15) is 5.69 Å². The minimum absolute atomic E-state index is 0.0955. The first kappa shape index (κ1) is 22.2. The highest BCUT2D eigenvalue weighted by Gasteiger charge is 2.51. The monoisotopic (exact) mass is 455 g/mol. The van der Waals surface area contributed by atoms with Crippen LogP contribution in [0.15, 0.2) is 18.2 Å². The standard InChI is InChI=1S/C25H33N3O5/c1-16-3-2-6-27(14-16)21-5-4-20(10-22(21)28(31)32)24(30)33-15-23(29)26-25-11-17-7-18(12-25)9-19(8-17)13-25/h4-5,10,16-19H,2-3,6-9,11-15H2,1H3,(H,26,29). The number of anilines is 1. The van der Waals surface area contributed by atoms with Crippen LogP contribution >= 0.6 is 0 Å². The Bertz CT molecular complexity index is 926. The van der Waals surface area contributed by atoms with Crippen molar-refractivity contribution in [2.75, 3.05) is 24.6 Å². The van der Waals surface area contributed by atoms with Crippen molar-refractivity contribution in [2.24, 2.45) is 23.7 Å². The quantitative estimate of drug-likeness (QED) is 0.394. The van der Waals surface area contributed by atoms with E-state index < -0.39 is 10.9 Å². The van der Waals surface area contributed by atoms with Gasteiger partial charge in [-0.3, -0.25) is 14.9 Å². The molecule has 6 rings (SSSR count). The second kappa shape index (κ2) is 8.61. The zero-order valence-corrected chi connectivity index (χ0v) is 19.3. The first-order valence-corrected chi connectivity index (χ1v) is 12.3. The molecule has 1 atom stereocenters. The lowest BCUT2D eigenvalue weighted by molar-refractivity contribution is -0.384. The molecule has 0 aromatic heterocycles. The van der Waals surface area contributed by atoms with Crippen LogP contribution < -0.4 is 10.2 Å². The number of ether oxygens (including phenoxy) is 1. The molecule has 1 N–H and O–H groups in total. The summed E-state index contributed by atoms with van der Waals surface area (Å²) in [6.07, 6.45) is 9.05. The molecule has 0 radical (unpaired) electrons. The van der Waals surface area contributed by atoms with E-state index in [1.54, 1.807) is 12.1 Å². The van der Waals surface area contributed by atoms with Gasteiger partial charge in [-0.05, 0) is 87.2 Å². The Morgan fingerprint density at radius 3 is 2.45 bits per heavy atom. The van der Waals surface area contributed by atoms with Crippen molar-refractivity contribution in [3.8, 4) is 0 Å². The maximum absolute atomic E-state index is 12.6. The second-order valence-electron chi connectivity index (χ2n) is 11.0. The largest absolute Gasteiger partial charge is 0.452 e. The van der Waals surface area contributed by atoms with Crippen LogP contribution in [0.1, 0.15) is 68.6 Å². The van der Waals surface area contributed by atoms with Crippen LogP contribution in [0.5, 0.6) is 0 Å². The number of benzene rings is 1. The summed E-state index contributed by atoms with van der Waals surface area (Å²) >= 11 is 0. The van der Waals surface area contributed by atoms with Crippen LogP contribution in [0.2, 0.25) is 0 Å². The molecule has 4 saturated carbocycles. The van der Waals surface area contributed by atoms with Gasteiger partial charge in [-0.2, -0.15) is 0 Å². The molecule has 33 heavy (non-hydrogen) atoms. The summed E-state index contributed by atoms with van der Waals surface area (Å²) in [5.41, 5.74) is 0.391. The predicted molar refractivity (Wildman–Crippen MR) is 123 cm³/mol. The van der Waals surface area contributed by atoms with E-state index in [0.717, 1.165) is 45.2 Å². The molecule has 1 aromatic carbocycles. The molecular weight excluding hydrogens is 422 g/mol. The third-order valence-electron chi connectivity index (χ3n) is 8.18. The molecular formula is C25H33N3O5. The van der Waals surface area contributed by atoms with Gasteiger partial charge >= 0.3 is 5.97 Å². The molecule has 8 heteroatoms. The van der Waals surface area contributed by atoms with Crippen LogP contribution in [-0.4, -0.2) is 42.0 Å². The summed E-state index contributed by atoms with van der Waals surface area (Å²) in [5.74, 6) is 1.61. The van der Waals surface area contributed by atoms with Crippen LogP contribution in [0, 0.1) is 33.8 Å². The van der Waals surface area contributed by atoms with E-state index >= 15 is 0 Å². The number of piperidine rings is 1. The highest BCUT2D eigenvalue weighted by molar-refractivity contribution is 5.93. The second-order valence-corrected chi connectivity index (χ2v) is 11.0. The molecule has 1 unspecified atom stereocenters. The first-order chi connectivity index (χ1) is 15.8. The normalized spacial score (nSPS) is 32.5. The lowest BCUT2D eigenvalue weighted by atomic mass is 9.53. The van der Waals surface area contributed by atoms with E-state index in [1.165, 1.54) is 25.3 Å². The van der Waals surface area contributed by atoms with E-state index in [4.69, 9.17) is 4.74 Å². The molecule has 4 aliphatic carbocycles. The Morgan fingerprint density at radius 1 is 1.18 bits per heavy atom. The van der Waals surface area contributed by atoms with Crippen molar-refractivity contribution in [1.82, 2.24) is 5.32 Å². The van der Waals surface area contributed by atoms with E-state index in [0.29, 0.717) is 29.4 Å². The van der Waals surface area contributed by atoms with Gasteiger partial charge in [0.2, 0.25) is 0 Å². The van der Waals surface area contributed by atoms with Gasteiger partial charge < -0.3 is 15.0 Å². The third-order valence-corrected chi connectivity index (χ3v) is 8.18. The fourth-order valence-corrected chi connectivity index (χ4v) is 7.28. The van der Waals surface area contributed by atoms with E-state index in [9.17, 15) is 19.7 Å². The molecule has 5 fully saturated rings. The zero-order valence-electron chi connectivity index (χ0n) is 19.3. The van der Waals surface area contributed by atoms with Crippen LogP contribution in [0.3, 0.4) is 0 Å². The van der Waals surface area contributed by atoms with Gasteiger partial charge in [0.15, 0.2) is 6.61 Å². The van der Waals surface area contributed by atoms with Gasteiger partial charge in [0, 0.05) is 24.7 Å². The highest BCUT2D eigenvalue weighted by Crippen LogP contribution is 2.55. The Morgan fingerprint density at radius 2 is 1.85 bits per heavy atom. The van der Waals surface area contributed by atoms with Gasteiger partial charge in [-0.15, -0.1) is 0 Å². The SMILES string of the molecule is CC1CCCN(c2ccc(C(=O)OCC(=O)NC34CC5CC(CC(C5)C3)C4)cc2[N+](=O)[O-])C1. The smallest absolute Gasteiger partial charge is 0.338 e. The number of hydrogen-bond donors (Lipinski definition) is 1. The Hall–Kier alpha value is -2.64. The summed E-state index contributed by atoms with van der Waals surface area (Å²) in [6.45, 7) is 3.30. The lowest BCUT2D eigenvalue weighted by Gasteiger charge is -2.56. The van der Waals surface area contributed by atoms with E-state index in [2.05, 4.69) is 12.2 Å². The van der Waals surface area contributed by atoms with Gasteiger partial charge in [-0.1, -0.05) is 6.92 Å². The van der Waals surface area contributed by atoms with Crippen LogP contribution in [-0.2, 0) is 9.53 Å².